The normalized spacial score (nSPS) is 15.8. The van der Waals surface area contributed by atoms with E-state index < -0.39 is 0 Å². The molecular weight excluding hydrogens is 268 g/mol. The quantitative estimate of drug-likeness (QED) is 0.618. The van der Waals surface area contributed by atoms with Crippen molar-refractivity contribution in [3.8, 4) is 5.75 Å². The molecule has 1 aliphatic heterocycles. The van der Waals surface area contributed by atoms with E-state index in [2.05, 4.69) is 5.16 Å². The molecule has 0 saturated carbocycles. The SMILES string of the molecule is COc1ccc(/C=N\OCC(=O)N2CCCCCC2)cc1. The van der Waals surface area contributed by atoms with Gasteiger partial charge in [0.25, 0.3) is 5.91 Å². The van der Waals surface area contributed by atoms with Gasteiger partial charge < -0.3 is 14.5 Å². The summed E-state index contributed by atoms with van der Waals surface area (Å²) in [5.74, 6) is 0.813. The molecule has 1 aromatic rings. The minimum atomic E-state index is 0.00660. The number of benzene rings is 1. The lowest BCUT2D eigenvalue weighted by Crippen LogP contribution is -2.34. The Bertz CT molecular complexity index is 463. The molecule has 0 unspecified atom stereocenters. The van der Waals surface area contributed by atoms with Crippen molar-refractivity contribution in [3.05, 3.63) is 29.8 Å². The van der Waals surface area contributed by atoms with Crippen molar-refractivity contribution < 1.29 is 14.4 Å². The first-order chi connectivity index (χ1) is 10.3. The smallest absolute Gasteiger partial charge is 0.263 e. The van der Waals surface area contributed by atoms with Crippen molar-refractivity contribution in [1.82, 2.24) is 4.90 Å². The van der Waals surface area contributed by atoms with E-state index in [9.17, 15) is 4.79 Å². The maximum atomic E-state index is 12.0. The number of hydrogen-bond donors (Lipinski definition) is 0. The number of amides is 1. The molecule has 0 radical (unpaired) electrons. The molecule has 0 bridgehead atoms. The Morgan fingerprint density at radius 1 is 1.19 bits per heavy atom. The highest BCUT2D eigenvalue weighted by Crippen LogP contribution is 2.10. The summed E-state index contributed by atoms with van der Waals surface area (Å²) in [5, 5.41) is 3.84. The van der Waals surface area contributed by atoms with Crippen molar-refractivity contribution in [3.63, 3.8) is 0 Å². The Morgan fingerprint density at radius 2 is 1.86 bits per heavy atom. The van der Waals surface area contributed by atoms with Gasteiger partial charge in [-0.05, 0) is 42.7 Å². The second-order valence-electron chi connectivity index (χ2n) is 5.08. The number of ether oxygens (including phenoxy) is 1. The van der Waals surface area contributed by atoms with E-state index >= 15 is 0 Å². The molecule has 0 spiro atoms. The second kappa shape index (κ2) is 8.29. The van der Waals surface area contributed by atoms with E-state index in [1.165, 1.54) is 12.8 Å². The monoisotopic (exact) mass is 290 g/mol. The van der Waals surface area contributed by atoms with Gasteiger partial charge in [0.2, 0.25) is 0 Å². The van der Waals surface area contributed by atoms with Crippen LogP contribution in [0, 0.1) is 0 Å². The molecule has 114 valence electrons. The van der Waals surface area contributed by atoms with Crippen LogP contribution in [0.3, 0.4) is 0 Å². The van der Waals surface area contributed by atoms with Gasteiger partial charge in [0.1, 0.15) is 5.75 Å². The van der Waals surface area contributed by atoms with Gasteiger partial charge in [-0.2, -0.15) is 0 Å². The molecule has 1 heterocycles. The summed E-state index contributed by atoms with van der Waals surface area (Å²) >= 11 is 0. The van der Waals surface area contributed by atoms with Crippen LogP contribution < -0.4 is 4.74 Å². The van der Waals surface area contributed by atoms with E-state index in [4.69, 9.17) is 9.57 Å². The summed E-state index contributed by atoms with van der Waals surface area (Å²) in [6, 6.07) is 7.46. The van der Waals surface area contributed by atoms with Gasteiger partial charge in [0, 0.05) is 13.1 Å². The van der Waals surface area contributed by atoms with Crippen LogP contribution in [0.1, 0.15) is 31.2 Å². The molecule has 1 saturated heterocycles. The zero-order valence-electron chi connectivity index (χ0n) is 12.5. The molecule has 1 fully saturated rings. The Labute approximate surface area is 125 Å². The summed E-state index contributed by atoms with van der Waals surface area (Å²) in [6.45, 7) is 1.68. The standard InChI is InChI=1S/C16H22N2O3/c1-20-15-8-6-14(7-9-15)12-17-21-13-16(19)18-10-4-2-3-5-11-18/h6-9,12H,2-5,10-11,13H2,1H3/b17-12-. The van der Waals surface area contributed by atoms with Crippen LogP contribution >= 0.6 is 0 Å². The number of hydrogen-bond acceptors (Lipinski definition) is 4. The maximum absolute atomic E-state index is 12.0. The predicted molar refractivity (Wildman–Crippen MR) is 81.6 cm³/mol. The molecule has 0 N–H and O–H groups in total. The van der Waals surface area contributed by atoms with Crippen LogP contribution in [-0.4, -0.2) is 43.8 Å². The number of carbonyl (C=O) groups is 1. The topological polar surface area (TPSA) is 51.1 Å². The lowest BCUT2D eigenvalue weighted by Gasteiger charge is -2.19. The zero-order chi connectivity index (χ0) is 14.9. The molecule has 5 nitrogen and oxygen atoms in total. The Kier molecular flexibility index (Phi) is 6.06. The number of nitrogens with zero attached hydrogens (tertiary/aromatic N) is 2. The van der Waals surface area contributed by atoms with Gasteiger partial charge in [-0.3, -0.25) is 4.79 Å². The number of methoxy groups -OCH3 is 1. The van der Waals surface area contributed by atoms with E-state index in [0.29, 0.717) is 0 Å². The number of carbonyl (C=O) groups excluding carboxylic acids is 1. The summed E-state index contributed by atoms with van der Waals surface area (Å²) < 4.78 is 5.08. The van der Waals surface area contributed by atoms with Gasteiger partial charge in [0.15, 0.2) is 6.61 Å². The van der Waals surface area contributed by atoms with Crippen molar-refractivity contribution in [2.45, 2.75) is 25.7 Å². The van der Waals surface area contributed by atoms with Gasteiger partial charge in [0.05, 0.1) is 13.3 Å². The summed E-state index contributed by atoms with van der Waals surface area (Å²) in [6.07, 6.45) is 6.18. The van der Waals surface area contributed by atoms with Crippen LogP contribution in [0.25, 0.3) is 0 Å². The summed E-state index contributed by atoms with van der Waals surface area (Å²) in [7, 11) is 1.63. The predicted octanol–water partition coefficient (Wildman–Crippen LogP) is 2.45. The minimum Gasteiger partial charge on any atom is -0.497 e. The molecule has 0 atom stereocenters. The lowest BCUT2D eigenvalue weighted by molar-refractivity contribution is -0.136. The molecule has 2 rings (SSSR count). The number of rotatable bonds is 5. The Morgan fingerprint density at radius 3 is 2.48 bits per heavy atom. The molecule has 0 aliphatic carbocycles. The highest BCUT2D eigenvalue weighted by atomic mass is 16.6. The van der Waals surface area contributed by atoms with Gasteiger partial charge in [-0.1, -0.05) is 18.0 Å². The van der Waals surface area contributed by atoms with E-state index in [0.717, 1.165) is 37.2 Å². The third kappa shape index (κ3) is 5.10. The molecule has 5 heteroatoms. The fourth-order valence-corrected chi connectivity index (χ4v) is 2.29. The van der Waals surface area contributed by atoms with Crippen molar-refractivity contribution in [2.24, 2.45) is 5.16 Å². The van der Waals surface area contributed by atoms with Crippen molar-refractivity contribution in [1.29, 1.82) is 0 Å². The first-order valence-electron chi connectivity index (χ1n) is 7.37. The summed E-state index contributed by atoms with van der Waals surface area (Å²) in [4.78, 5) is 18.9. The van der Waals surface area contributed by atoms with Crippen molar-refractivity contribution in [2.75, 3.05) is 26.8 Å². The third-order valence-corrected chi connectivity index (χ3v) is 3.54. The second-order valence-corrected chi connectivity index (χ2v) is 5.08. The lowest BCUT2D eigenvalue weighted by atomic mass is 10.2. The Hall–Kier alpha value is -2.04. The highest BCUT2D eigenvalue weighted by molar-refractivity contribution is 5.80. The van der Waals surface area contributed by atoms with E-state index in [1.54, 1.807) is 13.3 Å². The fourth-order valence-electron chi connectivity index (χ4n) is 2.29. The Balaban J connectivity index is 1.74. The summed E-state index contributed by atoms with van der Waals surface area (Å²) in [5.41, 5.74) is 0.901. The number of likely N-dealkylation sites (tertiary alicyclic amines) is 1. The van der Waals surface area contributed by atoms with Gasteiger partial charge in [-0.15, -0.1) is 0 Å². The van der Waals surface area contributed by atoms with Crippen LogP contribution in [0.5, 0.6) is 5.75 Å². The van der Waals surface area contributed by atoms with Crippen LogP contribution in [0.2, 0.25) is 0 Å². The zero-order valence-corrected chi connectivity index (χ0v) is 12.5. The third-order valence-electron chi connectivity index (χ3n) is 3.54. The molecule has 0 aromatic heterocycles. The average molecular weight is 290 g/mol. The molecule has 1 amide bonds. The molecule has 1 aromatic carbocycles. The van der Waals surface area contributed by atoms with E-state index in [-0.39, 0.29) is 12.5 Å². The largest absolute Gasteiger partial charge is 0.497 e. The van der Waals surface area contributed by atoms with Crippen molar-refractivity contribution >= 4 is 12.1 Å². The molecular formula is C16H22N2O3. The fraction of sp³-hybridized carbons (Fsp3) is 0.500. The average Bonchev–Trinajstić information content (AvgIpc) is 2.81. The van der Waals surface area contributed by atoms with Gasteiger partial charge in [-0.25, -0.2) is 0 Å². The van der Waals surface area contributed by atoms with Crippen LogP contribution in [-0.2, 0) is 9.63 Å². The first-order valence-corrected chi connectivity index (χ1v) is 7.37. The van der Waals surface area contributed by atoms with Crippen LogP contribution in [0.15, 0.2) is 29.4 Å². The number of oxime groups is 1. The molecule has 21 heavy (non-hydrogen) atoms. The maximum Gasteiger partial charge on any atom is 0.263 e. The first kappa shape index (κ1) is 15.4. The van der Waals surface area contributed by atoms with Gasteiger partial charge >= 0.3 is 0 Å². The minimum absolute atomic E-state index is 0.00660. The molecule has 1 aliphatic rings. The van der Waals surface area contributed by atoms with E-state index in [1.807, 2.05) is 29.2 Å². The van der Waals surface area contributed by atoms with Crippen LogP contribution in [0.4, 0.5) is 0 Å². The highest BCUT2D eigenvalue weighted by Gasteiger charge is 2.15.